The van der Waals surface area contributed by atoms with Crippen molar-refractivity contribution in [3.8, 4) is 0 Å². The molecule has 0 aliphatic heterocycles. The number of anilines is 1. The molecule has 1 aromatic rings. The largest absolute Gasteiger partial charge is 0.373 e. The van der Waals surface area contributed by atoms with E-state index < -0.39 is 0 Å². The standard InChI is InChI=1S/C13H22BrN3/c1-4-17(5-2)10-6-9-16(3)12-7-8-13(14)15-11-12/h7-8,11H,4-6,9-10H2,1-3H3. The fourth-order valence-electron chi connectivity index (χ4n) is 1.79. The molecule has 96 valence electrons. The predicted molar refractivity (Wildman–Crippen MR) is 77.6 cm³/mol. The van der Waals surface area contributed by atoms with Crippen molar-refractivity contribution < 1.29 is 0 Å². The zero-order chi connectivity index (χ0) is 12.7. The molecule has 0 aliphatic rings. The van der Waals surface area contributed by atoms with Gasteiger partial charge in [-0.05, 0) is 54.1 Å². The monoisotopic (exact) mass is 299 g/mol. The SMILES string of the molecule is CCN(CC)CCCN(C)c1ccc(Br)nc1. The van der Waals surface area contributed by atoms with E-state index in [0.717, 1.165) is 24.2 Å². The second kappa shape index (κ2) is 7.67. The second-order valence-corrected chi connectivity index (χ2v) is 4.95. The van der Waals surface area contributed by atoms with Crippen LogP contribution in [0.5, 0.6) is 0 Å². The van der Waals surface area contributed by atoms with Gasteiger partial charge in [-0.15, -0.1) is 0 Å². The summed E-state index contributed by atoms with van der Waals surface area (Å²) < 4.78 is 0.887. The van der Waals surface area contributed by atoms with E-state index in [1.165, 1.54) is 18.7 Å². The van der Waals surface area contributed by atoms with Gasteiger partial charge >= 0.3 is 0 Å². The van der Waals surface area contributed by atoms with Crippen LogP contribution in [0.25, 0.3) is 0 Å². The lowest BCUT2D eigenvalue weighted by atomic mass is 10.3. The van der Waals surface area contributed by atoms with E-state index in [4.69, 9.17) is 0 Å². The summed E-state index contributed by atoms with van der Waals surface area (Å²) in [6, 6.07) is 4.07. The predicted octanol–water partition coefficient (Wildman–Crippen LogP) is 3.01. The number of hydrogen-bond donors (Lipinski definition) is 0. The van der Waals surface area contributed by atoms with Gasteiger partial charge in [0.25, 0.3) is 0 Å². The van der Waals surface area contributed by atoms with Crippen LogP contribution < -0.4 is 4.90 Å². The van der Waals surface area contributed by atoms with Crippen molar-refractivity contribution in [3.63, 3.8) is 0 Å². The van der Waals surface area contributed by atoms with Crippen molar-refractivity contribution in [2.24, 2.45) is 0 Å². The molecule has 0 saturated carbocycles. The smallest absolute Gasteiger partial charge is 0.106 e. The summed E-state index contributed by atoms with van der Waals surface area (Å²) in [5.41, 5.74) is 1.17. The second-order valence-electron chi connectivity index (χ2n) is 4.14. The highest BCUT2D eigenvalue weighted by atomic mass is 79.9. The number of rotatable bonds is 7. The number of halogens is 1. The lowest BCUT2D eigenvalue weighted by molar-refractivity contribution is 0.301. The number of hydrogen-bond acceptors (Lipinski definition) is 3. The van der Waals surface area contributed by atoms with Crippen LogP contribution in [-0.2, 0) is 0 Å². The molecule has 0 amide bonds. The summed E-state index contributed by atoms with van der Waals surface area (Å²) in [6.45, 7) is 8.94. The van der Waals surface area contributed by atoms with Gasteiger partial charge in [-0.3, -0.25) is 0 Å². The highest BCUT2D eigenvalue weighted by molar-refractivity contribution is 9.10. The number of aromatic nitrogens is 1. The van der Waals surface area contributed by atoms with Gasteiger partial charge in [-0.25, -0.2) is 4.98 Å². The van der Waals surface area contributed by atoms with Crippen molar-refractivity contribution in [2.75, 3.05) is 38.1 Å². The van der Waals surface area contributed by atoms with E-state index in [-0.39, 0.29) is 0 Å². The summed E-state index contributed by atoms with van der Waals surface area (Å²) in [5, 5.41) is 0. The first-order valence-corrected chi connectivity index (χ1v) is 7.01. The lowest BCUT2D eigenvalue weighted by Crippen LogP contribution is -2.28. The molecule has 17 heavy (non-hydrogen) atoms. The summed E-state index contributed by atoms with van der Waals surface area (Å²) in [6.07, 6.45) is 3.09. The van der Waals surface area contributed by atoms with Crippen LogP contribution in [0.3, 0.4) is 0 Å². The van der Waals surface area contributed by atoms with Crippen LogP contribution in [0, 0.1) is 0 Å². The van der Waals surface area contributed by atoms with Gasteiger partial charge in [-0.2, -0.15) is 0 Å². The van der Waals surface area contributed by atoms with Gasteiger partial charge in [0.15, 0.2) is 0 Å². The zero-order valence-corrected chi connectivity index (χ0v) is 12.6. The van der Waals surface area contributed by atoms with Crippen molar-refractivity contribution >= 4 is 21.6 Å². The molecular formula is C13H22BrN3. The molecule has 0 radical (unpaired) electrons. The first-order valence-electron chi connectivity index (χ1n) is 6.22. The molecule has 0 unspecified atom stereocenters. The Kier molecular flexibility index (Phi) is 6.52. The van der Waals surface area contributed by atoms with Crippen LogP contribution in [0.15, 0.2) is 22.9 Å². The molecule has 0 bridgehead atoms. The molecule has 0 atom stereocenters. The third kappa shape index (κ3) is 5.04. The maximum absolute atomic E-state index is 4.24. The fourth-order valence-corrected chi connectivity index (χ4v) is 2.03. The quantitative estimate of drug-likeness (QED) is 0.722. The fraction of sp³-hybridized carbons (Fsp3) is 0.615. The average molecular weight is 300 g/mol. The van der Waals surface area contributed by atoms with E-state index in [2.05, 4.69) is 57.7 Å². The summed E-state index contributed by atoms with van der Waals surface area (Å²) in [7, 11) is 2.12. The van der Waals surface area contributed by atoms with Crippen LogP contribution in [0.4, 0.5) is 5.69 Å². The van der Waals surface area contributed by atoms with E-state index in [0.29, 0.717) is 0 Å². The average Bonchev–Trinajstić information content (AvgIpc) is 2.35. The molecule has 0 N–H and O–H groups in total. The molecule has 0 aromatic carbocycles. The zero-order valence-electron chi connectivity index (χ0n) is 11.0. The molecule has 3 nitrogen and oxygen atoms in total. The van der Waals surface area contributed by atoms with Crippen molar-refractivity contribution in [2.45, 2.75) is 20.3 Å². The Morgan fingerprint density at radius 1 is 1.18 bits per heavy atom. The minimum absolute atomic E-state index is 0.887. The molecule has 0 fully saturated rings. The van der Waals surface area contributed by atoms with Gasteiger partial charge < -0.3 is 9.80 Å². The van der Waals surface area contributed by atoms with Gasteiger partial charge in [0.05, 0.1) is 11.9 Å². The van der Waals surface area contributed by atoms with Gasteiger partial charge in [0.2, 0.25) is 0 Å². The first kappa shape index (κ1) is 14.5. The van der Waals surface area contributed by atoms with Gasteiger partial charge in [-0.1, -0.05) is 13.8 Å². The molecule has 1 rings (SSSR count). The van der Waals surface area contributed by atoms with Gasteiger partial charge in [0, 0.05) is 13.6 Å². The highest BCUT2D eigenvalue weighted by Gasteiger charge is 2.03. The number of pyridine rings is 1. The Bertz CT molecular complexity index is 309. The molecule has 0 saturated heterocycles. The maximum Gasteiger partial charge on any atom is 0.106 e. The Labute approximate surface area is 113 Å². The van der Waals surface area contributed by atoms with E-state index >= 15 is 0 Å². The van der Waals surface area contributed by atoms with Crippen molar-refractivity contribution in [1.29, 1.82) is 0 Å². The van der Waals surface area contributed by atoms with Crippen LogP contribution in [0.2, 0.25) is 0 Å². The Balaban J connectivity index is 2.34. The van der Waals surface area contributed by atoms with Crippen LogP contribution in [-0.4, -0.2) is 43.1 Å². The third-order valence-corrected chi connectivity index (χ3v) is 3.48. The summed E-state index contributed by atoms with van der Waals surface area (Å²) in [4.78, 5) is 8.95. The minimum Gasteiger partial charge on any atom is -0.373 e. The topological polar surface area (TPSA) is 19.4 Å². The molecule has 4 heteroatoms. The Morgan fingerprint density at radius 2 is 1.88 bits per heavy atom. The maximum atomic E-state index is 4.24. The third-order valence-electron chi connectivity index (χ3n) is 3.01. The summed E-state index contributed by atoms with van der Waals surface area (Å²) in [5.74, 6) is 0. The Hall–Kier alpha value is -0.610. The highest BCUT2D eigenvalue weighted by Crippen LogP contribution is 2.14. The first-order chi connectivity index (χ1) is 8.17. The van der Waals surface area contributed by atoms with Gasteiger partial charge in [0.1, 0.15) is 4.60 Å². The summed E-state index contributed by atoms with van der Waals surface area (Å²) >= 11 is 3.35. The molecule has 1 aromatic heterocycles. The van der Waals surface area contributed by atoms with Crippen molar-refractivity contribution in [3.05, 3.63) is 22.9 Å². The normalized spacial score (nSPS) is 10.9. The van der Waals surface area contributed by atoms with Crippen molar-refractivity contribution in [1.82, 2.24) is 9.88 Å². The molecule has 0 aliphatic carbocycles. The van der Waals surface area contributed by atoms with E-state index in [1.54, 1.807) is 0 Å². The van der Waals surface area contributed by atoms with Crippen LogP contribution >= 0.6 is 15.9 Å². The minimum atomic E-state index is 0.887. The molecule has 0 spiro atoms. The Morgan fingerprint density at radius 3 is 2.41 bits per heavy atom. The lowest BCUT2D eigenvalue weighted by Gasteiger charge is -2.22. The molecular weight excluding hydrogens is 278 g/mol. The van der Waals surface area contributed by atoms with E-state index in [1.807, 2.05) is 12.3 Å². The van der Waals surface area contributed by atoms with Crippen LogP contribution in [0.1, 0.15) is 20.3 Å². The molecule has 1 heterocycles. The van der Waals surface area contributed by atoms with E-state index in [9.17, 15) is 0 Å². The number of nitrogens with zero attached hydrogens (tertiary/aromatic N) is 3.